The van der Waals surface area contributed by atoms with Gasteiger partial charge in [-0.15, -0.1) is 0 Å². The number of nitrogens with two attached hydrogens (primary N) is 1. The molecular formula is C14H23N3O3. The van der Waals surface area contributed by atoms with Gasteiger partial charge < -0.3 is 20.4 Å². The Morgan fingerprint density at radius 2 is 2.15 bits per heavy atom. The van der Waals surface area contributed by atoms with E-state index in [4.69, 9.17) is 10.2 Å². The van der Waals surface area contributed by atoms with E-state index in [0.717, 1.165) is 0 Å². The molecule has 0 fully saturated rings. The molecule has 0 bridgehead atoms. The molecular weight excluding hydrogens is 258 g/mol. The van der Waals surface area contributed by atoms with E-state index < -0.39 is 0 Å². The molecule has 1 aromatic rings. The largest absolute Gasteiger partial charge is 0.459 e. The van der Waals surface area contributed by atoms with Crippen molar-refractivity contribution in [2.45, 2.75) is 20.3 Å². The van der Waals surface area contributed by atoms with E-state index in [0.29, 0.717) is 13.1 Å². The normalized spacial score (nSPS) is 11.2. The summed E-state index contributed by atoms with van der Waals surface area (Å²) in [6.07, 6.45) is 1.69. The second kappa shape index (κ2) is 7.09. The molecule has 3 N–H and O–H groups in total. The van der Waals surface area contributed by atoms with E-state index in [1.165, 1.54) is 6.26 Å². The summed E-state index contributed by atoms with van der Waals surface area (Å²) in [6, 6.07) is 3.22. The van der Waals surface area contributed by atoms with Gasteiger partial charge >= 0.3 is 0 Å². The molecule has 0 aliphatic rings. The van der Waals surface area contributed by atoms with Crippen molar-refractivity contribution >= 4 is 11.8 Å². The molecule has 20 heavy (non-hydrogen) atoms. The first-order valence-corrected chi connectivity index (χ1v) is 6.61. The van der Waals surface area contributed by atoms with E-state index in [9.17, 15) is 9.59 Å². The SMILES string of the molecule is CN(CC(C)(C)CN)C(=O)CCNC(=O)c1ccco1. The van der Waals surface area contributed by atoms with Gasteiger partial charge in [-0.25, -0.2) is 0 Å². The fourth-order valence-corrected chi connectivity index (χ4v) is 1.76. The molecule has 0 radical (unpaired) electrons. The third-order valence-electron chi connectivity index (χ3n) is 3.01. The number of carbonyl (C=O) groups excluding carboxylic acids is 2. The molecule has 0 aromatic carbocycles. The molecule has 0 aliphatic carbocycles. The Hall–Kier alpha value is -1.82. The maximum absolute atomic E-state index is 11.9. The summed E-state index contributed by atoms with van der Waals surface area (Å²) in [5.74, 6) is -0.0888. The van der Waals surface area contributed by atoms with Crippen LogP contribution in [0.1, 0.15) is 30.8 Å². The topological polar surface area (TPSA) is 88.6 Å². The van der Waals surface area contributed by atoms with Gasteiger partial charge in [0, 0.05) is 26.6 Å². The molecule has 6 heteroatoms. The smallest absolute Gasteiger partial charge is 0.286 e. The summed E-state index contributed by atoms with van der Waals surface area (Å²) in [7, 11) is 1.74. The molecule has 1 aromatic heterocycles. The van der Waals surface area contributed by atoms with Crippen LogP contribution in [0.5, 0.6) is 0 Å². The zero-order valence-corrected chi connectivity index (χ0v) is 12.3. The fraction of sp³-hybridized carbons (Fsp3) is 0.571. The molecule has 1 rings (SSSR count). The summed E-state index contributed by atoms with van der Waals surface area (Å²) in [5, 5.41) is 2.64. The lowest BCUT2D eigenvalue weighted by Gasteiger charge is -2.29. The van der Waals surface area contributed by atoms with Crippen LogP contribution >= 0.6 is 0 Å². The highest BCUT2D eigenvalue weighted by atomic mass is 16.3. The molecule has 0 atom stereocenters. The number of furan rings is 1. The zero-order chi connectivity index (χ0) is 15.2. The van der Waals surface area contributed by atoms with Gasteiger partial charge in [0.1, 0.15) is 0 Å². The zero-order valence-electron chi connectivity index (χ0n) is 12.3. The monoisotopic (exact) mass is 281 g/mol. The van der Waals surface area contributed by atoms with Crippen molar-refractivity contribution in [2.24, 2.45) is 11.1 Å². The molecule has 2 amide bonds. The van der Waals surface area contributed by atoms with Gasteiger partial charge in [-0.05, 0) is 24.1 Å². The van der Waals surface area contributed by atoms with Crippen LogP contribution in [0.15, 0.2) is 22.8 Å². The van der Waals surface area contributed by atoms with Crippen molar-refractivity contribution in [2.75, 3.05) is 26.7 Å². The standard InChI is InChI=1S/C14H23N3O3/c1-14(2,9-15)10-17(3)12(18)6-7-16-13(19)11-5-4-8-20-11/h4-5,8H,6-7,9-10,15H2,1-3H3,(H,16,19). The Morgan fingerprint density at radius 3 is 2.70 bits per heavy atom. The second-order valence-electron chi connectivity index (χ2n) is 5.60. The molecule has 1 heterocycles. The van der Waals surface area contributed by atoms with Crippen molar-refractivity contribution in [1.29, 1.82) is 0 Å². The maximum Gasteiger partial charge on any atom is 0.286 e. The van der Waals surface area contributed by atoms with Gasteiger partial charge in [0.05, 0.1) is 6.26 Å². The minimum atomic E-state index is -0.312. The lowest BCUT2D eigenvalue weighted by molar-refractivity contribution is -0.130. The number of hydrogen-bond donors (Lipinski definition) is 2. The highest BCUT2D eigenvalue weighted by Crippen LogP contribution is 2.14. The molecule has 0 saturated carbocycles. The van der Waals surface area contributed by atoms with E-state index in [1.54, 1.807) is 24.1 Å². The predicted octanol–water partition coefficient (Wildman–Crippen LogP) is 0.843. The van der Waals surface area contributed by atoms with E-state index in [1.807, 2.05) is 13.8 Å². The van der Waals surface area contributed by atoms with Gasteiger partial charge in [-0.3, -0.25) is 9.59 Å². The number of nitrogens with one attached hydrogen (secondary N) is 1. The number of rotatable bonds is 7. The highest BCUT2D eigenvalue weighted by molar-refractivity contribution is 5.91. The first-order valence-electron chi connectivity index (χ1n) is 6.61. The minimum absolute atomic E-state index is 0.0220. The number of nitrogens with zero attached hydrogens (tertiary/aromatic N) is 1. The average molecular weight is 281 g/mol. The van der Waals surface area contributed by atoms with E-state index >= 15 is 0 Å². The van der Waals surface area contributed by atoms with Crippen molar-refractivity contribution in [3.8, 4) is 0 Å². The van der Waals surface area contributed by atoms with Crippen molar-refractivity contribution in [3.05, 3.63) is 24.2 Å². The Kier molecular flexibility index (Phi) is 5.76. The Labute approximate surface area is 119 Å². The van der Waals surface area contributed by atoms with E-state index in [2.05, 4.69) is 5.32 Å². The quantitative estimate of drug-likeness (QED) is 0.775. The van der Waals surface area contributed by atoms with Gasteiger partial charge in [0.15, 0.2) is 5.76 Å². The summed E-state index contributed by atoms with van der Waals surface area (Å²) < 4.78 is 4.96. The van der Waals surface area contributed by atoms with Crippen LogP contribution in [0.25, 0.3) is 0 Å². The highest BCUT2D eigenvalue weighted by Gasteiger charge is 2.21. The third-order valence-corrected chi connectivity index (χ3v) is 3.01. The van der Waals surface area contributed by atoms with Crippen LogP contribution in [-0.2, 0) is 4.79 Å². The Bertz CT molecular complexity index is 441. The van der Waals surface area contributed by atoms with Crippen LogP contribution in [0.3, 0.4) is 0 Å². The van der Waals surface area contributed by atoms with Crippen LogP contribution in [0.2, 0.25) is 0 Å². The van der Waals surface area contributed by atoms with Crippen LogP contribution in [0.4, 0.5) is 0 Å². The maximum atomic E-state index is 11.9. The van der Waals surface area contributed by atoms with Gasteiger partial charge in [0.2, 0.25) is 5.91 Å². The van der Waals surface area contributed by atoms with Gasteiger partial charge in [-0.1, -0.05) is 13.8 Å². The van der Waals surface area contributed by atoms with Crippen molar-refractivity contribution < 1.29 is 14.0 Å². The van der Waals surface area contributed by atoms with E-state index in [-0.39, 0.29) is 36.0 Å². The van der Waals surface area contributed by atoms with Gasteiger partial charge in [-0.2, -0.15) is 0 Å². The summed E-state index contributed by atoms with van der Waals surface area (Å²) >= 11 is 0. The van der Waals surface area contributed by atoms with Crippen LogP contribution in [0, 0.1) is 5.41 Å². The first-order chi connectivity index (χ1) is 9.35. The fourth-order valence-electron chi connectivity index (χ4n) is 1.76. The first kappa shape index (κ1) is 16.2. The lowest BCUT2D eigenvalue weighted by atomic mass is 9.93. The Morgan fingerprint density at radius 1 is 1.45 bits per heavy atom. The Balaban J connectivity index is 2.31. The number of carbonyl (C=O) groups is 2. The molecule has 0 saturated heterocycles. The molecule has 0 aliphatic heterocycles. The summed E-state index contributed by atoms with van der Waals surface area (Å²) in [6.45, 7) is 5.41. The van der Waals surface area contributed by atoms with Gasteiger partial charge in [0.25, 0.3) is 5.91 Å². The number of amides is 2. The molecule has 6 nitrogen and oxygen atoms in total. The summed E-state index contributed by atoms with van der Waals surface area (Å²) in [4.78, 5) is 25.1. The molecule has 0 spiro atoms. The van der Waals surface area contributed by atoms with Crippen molar-refractivity contribution in [1.82, 2.24) is 10.2 Å². The van der Waals surface area contributed by atoms with Crippen LogP contribution in [-0.4, -0.2) is 43.4 Å². The number of hydrogen-bond acceptors (Lipinski definition) is 4. The lowest BCUT2D eigenvalue weighted by Crippen LogP contribution is -2.40. The summed E-state index contributed by atoms with van der Waals surface area (Å²) in [5.41, 5.74) is 5.53. The average Bonchev–Trinajstić information content (AvgIpc) is 2.91. The third kappa shape index (κ3) is 5.05. The predicted molar refractivity (Wildman–Crippen MR) is 76.1 cm³/mol. The molecule has 112 valence electrons. The van der Waals surface area contributed by atoms with Crippen LogP contribution < -0.4 is 11.1 Å². The van der Waals surface area contributed by atoms with Crippen molar-refractivity contribution in [3.63, 3.8) is 0 Å². The second-order valence-corrected chi connectivity index (χ2v) is 5.60. The minimum Gasteiger partial charge on any atom is -0.459 e. The molecule has 0 unspecified atom stereocenters.